The first kappa shape index (κ1) is 15.4. The Kier molecular flexibility index (Phi) is 6.46. The van der Waals surface area contributed by atoms with Gasteiger partial charge in [0.25, 0.3) is 0 Å². The van der Waals surface area contributed by atoms with Crippen LogP contribution in [0.15, 0.2) is 28.7 Å². The summed E-state index contributed by atoms with van der Waals surface area (Å²) in [5.74, 6) is 1.09. The number of halogens is 1. The Morgan fingerprint density at radius 1 is 0.900 bits per heavy atom. The standard InChI is InChI=1S/C18H25ClO/c1-2-3-4-5-6-7-8-9-10-17-14-15-13-16(19)11-12-18(15)20-17/h11-14H,2-10H2,1H3. The van der Waals surface area contributed by atoms with Gasteiger partial charge in [-0.3, -0.25) is 0 Å². The molecule has 2 aromatic rings. The third-order valence-electron chi connectivity index (χ3n) is 3.81. The summed E-state index contributed by atoms with van der Waals surface area (Å²) in [7, 11) is 0. The zero-order valence-electron chi connectivity index (χ0n) is 12.5. The molecule has 0 N–H and O–H groups in total. The van der Waals surface area contributed by atoms with E-state index in [2.05, 4.69) is 13.0 Å². The number of hydrogen-bond acceptors (Lipinski definition) is 1. The number of fused-ring (bicyclic) bond motifs is 1. The van der Waals surface area contributed by atoms with Gasteiger partial charge in [0.1, 0.15) is 11.3 Å². The maximum absolute atomic E-state index is 5.98. The van der Waals surface area contributed by atoms with Crippen molar-refractivity contribution in [3.63, 3.8) is 0 Å². The Hall–Kier alpha value is -0.950. The van der Waals surface area contributed by atoms with Gasteiger partial charge in [-0.15, -0.1) is 0 Å². The fourth-order valence-corrected chi connectivity index (χ4v) is 2.81. The van der Waals surface area contributed by atoms with Crippen molar-refractivity contribution in [1.29, 1.82) is 0 Å². The van der Waals surface area contributed by atoms with Gasteiger partial charge in [0, 0.05) is 16.8 Å². The average molecular weight is 293 g/mol. The SMILES string of the molecule is CCCCCCCCCCc1cc2cc(Cl)ccc2o1. The third-order valence-corrected chi connectivity index (χ3v) is 4.04. The maximum atomic E-state index is 5.98. The van der Waals surface area contributed by atoms with Crippen LogP contribution in [0.4, 0.5) is 0 Å². The maximum Gasteiger partial charge on any atom is 0.134 e. The molecule has 2 heteroatoms. The Balaban J connectivity index is 1.65. The third kappa shape index (κ3) is 4.86. The molecule has 110 valence electrons. The lowest BCUT2D eigenvalue weighted by molar-refractivity contribution is 0.518. The number of rotatable bonds is 9. The molecule has 2 rings (SSSR count). The number of unbranched alkanes of at least 4 members (excludes halogenated alkanes) is 7. The lowest BCUT2D eigenvalue weighted by Crippen LogP contribution is -1.84. The molecule has 1 nitrogen and oxygen atoms in total. The van der Waals surface area contributed by atoms with Gasteiger partial charge >= 0.3 is 0 Å². The minimum absolute atomic E-state index is 0.775. The molecule has 0 atom stereocenters. The monoisotopic (exact) mass is 292 g/mol. The summed E-state index contributed by atoms with van der Waals surface area (Å²) in [6.07, 6.45) is 11.8. The van der Waals surface area contributed by atoms with Crippen LogP contribution < -0.4 is 0 Å². The van der Waals surface area contributed by atoms with E-state index >= 15 is 0 Å². The van der Waals surface area contributed by atoms with Gasteiger partial charge in [-0.25, -0.2) is 0 Å². The smallest absolute Gasteiger partial charge is 0.134 e. The summed E-state index contributed by atoms with van der Waals surface area (Å²) in [4.78, 5) is 0. The molecule has 0 saturated heterocycles. The molecule has 0 bridgehead atoms. The van der Waals surface area contributed by atoms with Crippen molar-refractivity contribution in [1.82, 2.24) is 0 Å². The van der Waals surface area contributed by atoms with Gasteiger partial charge in [-0.2, -0.15) is 0 Å². The van der Waals surface area contributed by atoms with E-state index in [1.165, 1.54) is 51.4 Å². The van der Waals surface area contributed by atoms with Crippen molar-refractivity contribution in [3.8, 4) is 0 Å². The number of furan rings is 1. The van der Waals surface area contributed by atoms with Crippen molar-refractivity contribution in [2.24, 2.45) is 0 Å². The van der Waals surface area contributed by atoms with Crippen LogP contribution in [0.2, 0.25) is 5.02 Å². The zero-order chi connectivity index (χ0) is 14.2. The Labute approximate surface area is 127 Å². The number of hydrogen-bond donors (Lipinski definition) is 0. The highest BCUT2D eigenvalue weighted by Gasteiger charge is 2.04. The van der Waals surface area contributed by atoms with Crippen molar-refractivity contribution >= 4 is 22.6 Å². The predicted octanol–water partition coefficient (Wildman–Crippen LogP) is 6.77. The fraction of sp³-hybridized carbons (Fsp3) is 0.556. The van der Waals surface area contributed by atoms with Crippen molar-refractivity contribution in [2.45, 2.75) is 64.7 Å². The minimum Gasteiger partial charge on any atom is -0.461 e. The summed E-state index contributed by atoms with van der Waals surface area (Å²) in [6, 6.07) is 7.93. The van der Waals surface area contributed by atoms with Crippen LogP contribution in [0, 0.1) is 0 Å². The van der Waals surface area contributed by atoms with Crippen LogP contribution in [-0.2, 0) is 6.42 Å². The molecule has 0 fully saturated rings. The van der Waals surface area contributed by atoms with E-state index in [1.807, 2.05) is 18.2 Å². The van der Waals surface area contributed by atoms with Crippen LogP contribution in [0.3, 0.4) is 0 Å². The molecule has 0 saturated carbocycles. The molecule has 0 spiro atoms. The first-order valence-electron chi connectivity index (χ1n) is 7.97. The number of aryl methyl sites for hydroxylation is 1. The van der Waals surface area contributed by atoms with Crippen LogP contribution in [0.1, 0.15) is 64.1 Å². The molecule has 1 heterocycles. The van der Waals surface area contributed by atoms with Gasteiger partial charge in [-0.1, -0.05) is 63.5 Å². The Bertz CT molecular complexity index is 515. The van der Waals surface area contributed by atoms with Gasteiger partial charge in [-0.05, 0) is 30.7 Å². The summed E-state index contributed by atoms with van der Waals surface area (Å²) >= 11 is 5.98. The normalized spacial score (nSPS) is 11.3. The topological polar surface area (TPSA) is 13.1 Å². The summed E-state index contributed by atoms with van der Waals surface area (Å²) in [6.45, 7) is 2.26. The second kappa shape index (κ2) is 8.36. The summed E-state index contributed by atoms with van der Waals surface area (Å²) in [5, 5.41) is 1.89. The van der Waals surface area contributed by atoms with Crippen LogP contribution >= 0.6 is 11.6 Å². The van der Waals surface area contributed by atoms with Crippen molar-refractivity contribution < 1.29 is 4.42 Å². The number of benzene rings is 1. The zero-order valence-corrected chi connectivity index (χ0v) is 13.2. The second-order valence-electron chi connectivity index (χ2n) is 5.62. The molecule has 0 aliphatic carbocycles. The largest absolute Gasteiger partial charge is 0.461 e. The van der Waals surface area contributed by atoms with Gasteiger partial charge in [0.15, 0.2) is 0 Å². The van der Waals surface area contributed by atoms with E-state index in [0.717, 1.165) is 28.2 Å². The molecule has 0 radical (unpaired) electrons. The first-order valence-corrected chi connectivity index (χ1v) is 8.35. The van der Waals surface area contributed by atoms with Crippen molar-refractivity contribution in [2.75, 3.05) is 0 Å². The van der Waals surface area contributed by atoms with Crippen LogP contribution in [0.25, 0.3) is 11.0 Å². The molecule has 0 amide bonds. The lowest BCUT2D eigenvalue weighted by atomic mass is 10.1. The van der Waals surface area contributed by atoms with Crippen LogP contribution in [0.5, 0.6) is 0 Å². The summed E-state index contributed by atoms with van der Waals surface area (Å²) in [5.41, 5.74) is 0.948. The van der Waals surface area contributed by atoms with E-state index in [9.17, 15) is 0 Å². The van der Waals surface area contributed by atoms with Gasteiger partial charge < -0.3 is 4.42 Å². The molecular weight excluding hydrogens is 268 g/mol. The molecular formula is C18H25ClO. The molecule has 1 aromatic heterocycles. The van der Waals surface area contributed by atoms with E-state index in [-0.39, 0.29) is 0 Å². The molecule has 0 aliphatic rings. The van der Waals surface area contributed by atoms with E-state index in [1.54, 1.807) is 0 Å². The highest BCUT2D eigenvalue weighted by atomic mass is 35.5. The summed E-state index contributed by atoms with van der Waals surface area (Å²) < 4.78 is 5.82. The lowest BCUT2D eigenvalue weighted by Gasteiger charge is -2.00. The second-order valence-corrected chi connectivity index (χ2v) is 6.06. The van der Waals surface area contributed by atoms with Crippen molar-refractivity contribution in [3.05, 3.63) is 35.0 Å². The quantitative estimate of drug-likeness (QED) is 0.465. The highest BCUT2D eigenvalue weighted by Crippen LogP contribution is 2.24. The highest BCUT2D eigenvalue weighted by molar-refractivity contribution is 6.31. The fourth-order valence-electron chi connectivity index (χ4n) is 2.63. The molecule has 0 aliphatic heterocycles. The molecule has 1 aromatic carbocycles. The van der Waals surface area contributed by atoms with Gasteiger partial charge in [0.05, 0.1) is 0 Å². The average Bonchev–Trinajstić information content (AvgIpc) is 2.83. The molecule has 20 heavy (non-hydrogen) atoms. The first-order chi connectivity index (χ1) is 9.79. The van der Waals surface area contributed by atoms with Gasteiger partial charge in [0.2, 0.25) is 0 Å². The van der Waals surface area contributed by atoms with Crippen LogP contribution in [-0.4, -0.2) is 0 Å². The minimum atomic E-state index is 0.775. The Morgan fingerprint density at radius 3 is 2.35 bits per heavy atom. The van der Waals surface area contributed by atoms with E-state index in [4.69, 9.17) is 16.0 Å². The predicted molar refractivity (Wildman–Crippen MR) is 87.5 cm³/mol. The van der Waals surface area contributed by atoms with E-state index < -0.39 is 0 Å². The van der Waals surface area contributed by atoms with E-state index in [0.29, 0.717) is 0 Å². The molecule has 0 unspecified atom stereocenters. The Morgan fingerprint density at radius 2 is 1.60 bits per heavy atom.